The Bertz CT molecular complexity index is 962. The van der Waals surface area contributed by atoms with Crippen LogP contribution in [0.5, 0.6) is 0 Å². The van der Waals surface area contributed by atoms with Crippen LogP contribution in [0.3, 0.4) is 0 Å². The Morgan fingerprint density at radius 2 is 1.90 bits per heavy atom. The van der Waals surface area contributed by atoms with Crippen LogP contribution in [-0.2, 0) is 0 Å². The minimum absolute atomic E-state index is 0. The molecule has 1 saturated heterocycles. The number of carbonyl (C=O) groups excluding carboxylic acids is 1. The Hall–Kier alpha value is -2.28. The van der Waals surface area contributed by atoms with Crippen LogP contribution < -0.4 is 5.32 Å². The van der Waals surface area contributed by atoms with Gasteiger partial charge in [-0.25, -0.2) is 0 Å². The van der Waals surface area contributed by atoms with Crippen LogP contribution in [0.1, 0.15) is 47.3 Å². The summed E-state index contributed by atoms with van der Waals surface area (Å²) in [7, 11) is 0. The second-order valence-corrected chi connectivity index (χ2v) is 7.79. The monoisotopic (exact) mass is 449 g/mol. The fourth-order valence-electron chi connectivity index (χ4n) is 3.68. The Labute approximate surface area is 187 Å². The molecule has 0 spiro atoms. The number of hydrogen-bond donors (Lipinski definition) is 1. The number of rotatable bonds is 6. The van der Waals surface area contributed by atoms with Crippen molar-refractivity contribution in [2.45, 2.75) is 32.2 Å². The maximum absolute atomic E-state index is 12.7. The van der Waals surface area contributed by atoms with Crippen LogP contribution >= 0.6 is 24.0 Å². The van der Waals surface area contributed by atoms with E-state index in [1.165, 1.54) is 6.42 Å². The third-order valence-electron chi connectivity index (χ3n) is 5.25. The topological polar surface area (TPSA) is 71.5 Å². The second kappa shape index (κ2) is 10.2. The smallest absolute Gasteiger partial charge is 0.273 e. The van der Waals surface area contributed by atoms with Crippen molar-refractivity contribution in [2.24, 2.45) is 0 Å². The summed E-state index contributed by atoms with van der Waals surface area (Å²) in [5, 5.41) is 7.56. The maximum Gasteiger partial charge on any atom is 0.273 e. The standard InChI is InChI=1S/C22H24ClN3O3.ClH/c1-15-5-10-20(28-15)19(26-11-3-2-4-12-26)14-24-22(27)18-13-21(29-25-18)16-6-8-17(23)9-7-16;/h5-10,13,19H,2-4,11-12,14H2,1H3,(H,24,27);1H. The van der Waals surface area contributed by atoms with Gasteiger partial charge in [0.05, 0.1) is 6.04 Å². The molecule has 2 aromatic heterocycles. The van der Waals surface area contributed by atoms with Gasteiger partial charge >= 0.3 is 0 Å². The lowest BCUT2D eigenvalue weighted by molar-refractivity contribution is 0.0905. The normalized spacial score (nSPS) is 15.4. The van der Waals surface area contributed by atoms with E-state index in [0.29, 0.717) is 17.3 Å². The number of amides is 1. The maximum atomic E-state index is 12.7. The quantitative estimate of drug-likeness (QED) is 0.554. The molecule has 3 aromatic rings. The van der Waals surface area contributed by atoms with Crippen molar-refractivity contribution in [3.05, 3.63) is 64.7 Å². The number of aromatic nitrogens is 1. The molecule has 1 atom stereocenters. The zero-order valence-electron chi connectivity index (χ0n) is 16.8. The van der Waals surface area contributed by atoms with Gasteiger partial charge in [-0.3, -0.25) is 9.69 Å². The van der Waals surface area contributed by atoms with Gasteiger partial charge in [0.25, 0.3) is 5.91 Å². The summed E-state index contributed by atoms with van der Waals surface area (Å²) in [5.41, 5.74) is 1.07. The number of nitrogens with one attached hydrogen (secondary N) is 1. The molecule has 8 heteroatoms. The molecule has 1 fully saturated rings. The number of benzene rings is 1. The fraction of sp³-hybridized carbons (Fsp3) is 0.364. The SMILES string of the molecule is Cc1ccc(C(CNC(=O)c2cc(-c3ccc(Cl)cc3)on2)N2CCCCC2)o1.Cl. The second-order valence-electron chi connectivity index (χ2n) is 7.35. The predicted octanol–water partition coefficient (Wildman–Crippen LogP) is 5.28. The molecule has 1 amide bonds. The van der Waals surface area contributed by atoms with Crippen LogP contribution in [0.15, 0.2) is 51.4 Å². The highest BCUT2D eigenvalue weighted by molar-refractivity contribution is 6.30. The van der Waals surface area contributed by atoms with E-state index in [1.54, 1.807) is 18.2 Å². The van der Waals surface area contributed by atoms with Gasteiger partial charge in [-0.15, -0.1) is 12.4 Å². The molecule has 1 unspecified atom stereocenters. The highest BCUT2D eigenvalue weighted by Crippen LogP contribution is 2.26. The number of carbonyl (C=O) groups is 1. The lowest BCUT2D eigenvalue weighted by atomic mass is 10.1. The molecule has 30 heavy (non-hydrogen) atoms. The number of hydrogen-bond acceptors (Lipinski definition) is 5. The molecule has 0 saturated carbocycles. The first kappa shape index (κ1) is 22.4. The van der Waals surface area contributed by atoms with Crippen molar-refractivity contribution in [3.8, 4) is 11.3 Å². The molecule has 160 valence electrons. The van der Waals surface area contributed by atoms with E-state index in [-0.39, 0.29) is 30.0 Å². The summed E-state index contributed by atoms with van der Waals surface area (Å²) in [5.74, 6) is 2.02. The van der Waals surface area contributed by atoms with Gasteiger partial charge in [0.2, 0.25) is 0 Å². The zero-order chi connectivity index (χ0) is 20.2. The summed E-state index contributed by atoms with van der Waals surface area (Å²) >= 11 is 5.92. The molecular weight excluding hydrogens is 425 g/mol. The molecule has 1 aliphatic heterocycles. The van der Waals surface area contributed by atoms with Crippen molar-refractivity contribution < 1.29 is 13.7 Å². The zero-order valence-corrected chi connectivity index (χ0v) is 18.3. The van der Waals surface area contributed by atoms with E-state index < -0.39 is 0 Å². The van der Waals surface area contributed by atoms with Crippen molar-refractivity contribution in [2.75, 3.05) is 19.6 Å². The molecule has 0 radical (unpaired) electrons. The van der Waals surface area contributed by atoms with E-state index in [1.807, 2.05) is 31.2 Å². The van der Waals surface area contributed by atoms with Crippen LogP contribution in [0.25, 0.3) is 11.3 Å². The lowest BCUT2D eigenvalue weighted by Gasteiger charge is -2.33. The summed E-state index contributed by atoms with van der Waals surface area (Å²) < 4.78 is 11.2. The number of aryl methyl sites for hydroxylation is 1. The third kappa shape index (κ3) is 5.25. The fourth-order valence-corrected chi connectivity index (χ4v) is 3.81. The van der Waals surface area contributed by atoms with Crippen molar-refractivity contribution in [1.29, 1.82) is 0 Å². The van der Waals surface area contributed by atoms with Crippen LogP contribution in [0, 0.1) is 6.92 Å². The summed E-state index contributed by atoms with van der Waals surface area (Å²) in [6.07, 6.45) is 3.58. The molecule has 1 N–H and O–H groups in total. The van der Waals surface area contributed by atoms with Gasteiger partial charge in [0.15, 0.2) is 11.5 Å². The molecule has 0 bridgehead atoms. The summed E-state index contributed by atoms with van der Waals surface area (Å²) in [4.78, 5) is 15.0. The van der Waals surface area contributed by atoms with E-state index >= 15 is 0 Å². The van der Waals surface area contributed by atoms with Gasteiger partial charge in [0.1, 0.15) is 11.5 Å². The molecule has 0 aliphatic carbocycles. The van der Waals surface area contributed by atoms with E-state index in [0.717, 1.165) is 43.0 Å². The van der Waals surface area contributed by atoms with Crippen LogP contribution in [-0.4, -0.2) is 35.6 Å². The van der Waals surface area contributed by atoms with Crippen LogP contribution in [0.4, 0.5) is 0 Å². The number of nitrogens with zero attached hydrogens (tertiary/aromatic N) is 2. The van der Waals surface area contributed by atoms with Crippen molar-refractivity contribution >= 4 is 29.9 Å². The minimum Gasteiger partial charge on any atom is -0.465 e. The molecule has 6 nitrogen and oxygen atoms in total. The highest BCUT2D eigenvalue weighted by Gasteiger charge is 2.26. The van der Waals surface area contributed by atoms with Gasteiger partial charge < -0.3 is 14.3 Å². The summed E-state index contributed by atoms with van der Waals surface area (Å²) in [6.45, 7) is 4.40. The first-order valence-corrected chi connectivity index (χ1v) is 10.3. The molecule has 1 aromatic carbocycles. The summed E-state index contributed by atoms with van der Waals surface area (Å²) in [6, 6.07) is 12.8. The van der Waals surface area contributed by atoms with Gasteiger partial charge in [-0.1, -0.05) is 23.2 Å². The van der Waals surface area contributed by atoms with Gasteiger partial charge in [-0.2, -0.15) is 0 Å². The number of furan rings is 1. The average molecular weight is 450 g/mol. The van der Waals surface area contributed by atoms with E-state index in [2.05, 4.69) is 15.4 Å². The first-order chi connectivity index (χ1) is 14.1. The lowest BCUT2D eigenvalue weighted by Crippen LogP contribution is -2.40. The van der Waals surface area contributed by atoms with E-state index in [9.17, 15) is 4.79 Å². The Morgan fingerprint density at radius 1 is 1.17 bits per heavy atom. The predicted molar refractivity (Wildman–Crippen MR) is 118 cm³/mol. The molecule has 1 aliphatic rings. The molecule has 3 heterocycles. The highest BCUT2D eigenvalue weighted by atomic mass is 35.5. The van der Waals surface area contributed by atoms with E-state index in [4.69, 9.17) is 20.5 Å². The van der Waals surface area contributed by atoms with Crippen molar-refractivity contribution in [3.63, 3.8) is 0 Å². The number of halogens is 2. The Kier molecular flexibility index (Phi) is 7.58. The van der Waals surface area contributed by atoms with Crippen molar-refractivity contribution in [1.82, 2.24) is 15.4 Å². The molecular formula is C22H25Cl2N3O3. The average Bonchev–Trinajstić information content (AvgIpc) is 3.39. The third-order valence-corrected chi connectivity index (χ3v) is 5.50. The van der Waals surface area contributed by atoms with Gasteiger partial charge in [0, 0.05) is 23.2 Å². The van der Waals surface area contributed by atoms with Crippen LogP contribution in [0.2, 0.25) is 5.02 Å². The minimum atomic E-state index is -0.265. The largest absolute Gasteiger partial charge is 0.465 e. The Balaban J connectivity index is 0.00000256. The van der Waals surface area contributed by atoms with Gasteiger partial charge in [-0.05, 0) is 69.3 Å². The Morgan fingerprint density at radius 3 is 2.57 bits per heavy atom. The first-order valence-electron chi connectivity index (χ1n) is 9.91. The molecule has 4 rings (SSSR count). The number of likely N-dealkylation sites (tertiary alicyclic amines) is 1. The number of piperidine rings is 1.